The van der Waals surface area contributed by atoms with Crippen LogP contribution in [0, 0.1) is 0 Å². The van der Waals surface area contributed by atoms with Gasteiger partial charge in [-0.3, -0.25) is 14.5 Å². The molecule has 19 heavy (non-hydrogen) atoms. The third kappa shape index (κ3) is 3.70. The number of hydrogen-bond donors (Lipinski definition) is 1. The van der Waals surface area contributed by atoms with E-state index < -0.39 is 10.1 Å². The molecule has 0 saturated carbocycles. The first-order chi connectivity index (χ1) is 9.07. The number of pyridine rings is 1. The first kappa shape index (κ1) is 13.4. The summed E-state index contributed by atoms with van der Waals surface area (Å²) in [4.78, 5) is 8.07. The van der Waals surface area contributed by atoms with E-state index in [0.717, 1.165) is 5.69 Å². The Bertz CT molecular complexity index is 682. The largest absolute Gasteiger partial charge is 0.295 e. The van der Waals surface area contributed by atoms with Crippen LogP contribution in [0.2, 0.25) is 0 Å². The summed E-state index contributed by atoms with van der Waals surface area (Å²) in [5.41, 5.74) is 1.13. The molecule has 0 spiro atoms. The summed E-state index contributed by atoms with van der Waals surface area (Å²) in [6.07, 6.45) is 3.08. The minimum atomic E-state index is -4.24. The lowest BCUT2D eigenvalue weighted by Crippen LogP contribution is -2.02. The van der Waals surface area contributed by atoms with Crippen molar-refractivity contribution in [1.82, 2.24) is 4.98 Å². The van der Waals surface area contributed by atoms with E-state index in [1.165, 1.54) is 12.3 Å². The minimum absolute atomic E-state index is 0.153. The monoisotopic (exact) mass is 276 g/mol. The second kappa shape index (κ2) is 5.73. The SMILES string of the molecule is O=S(=O)(O)c1ccccc1C=NCc1ccccn1. The second-order valence-electron chi connectivity index (χ2n) is 3.80. The zero-order chi connectivity index (χ0) is 13.7. The Labute approximate surface area is 111 Å². The van der Waals surface area contributed by atoms with E-state index in [1.54, 1.807) is 30.5 Å². The van der Waals surface area contributed by atoms with Crippen molar-refractivity contribution in [3.63, 3.8) is 0 Å². The summed E-state index contributed by atoms with van der Waals surface area (Å²) >= 11 is 0. The molecule has 0 amide bonds. The fourth-order valence-electron chi connectivity index (χ4n) is 1.55. The topological polar surface area (TPSA) is 79.6 Å². The maximum atomic E-state index is 11.2. The molecular formula is C13H12N2O3S. The van der Waals surface area contributed by atoms with Crippen LogP contribution < -0.4 is 0 Å². The van der Waals surface area contributed by atoms with Gasteiger partial charge in [-0.05, 0) is 18.2 Å². The summed E-state index contributed by atoms with van der Waals surface area (Å²) in [5.74, 6) is 0. The van der Waals surface area contributed by atoms with Gasteiger partial charge in [0.2, 0.25) is 0 Å². The van der Waals surface area contributed by atoms with Crippen molar-refractivity contribution in [2.45, 2.75) is 11.4 Å². The normalized spacial score (nSPS) is 11.8. The van der Waals surface area contributed by atoms with Crippen LogP contribution in [-0.2, 0) is 16.7 Å². The molecular weight excluding hydrogens is 264 g/mol. The number of hydrogen-bond acceptors (Lipinski definition) is 4. The van der Waals surface area contributed by atoms with Crippen LogP contribution >= 0.6 is 0 Å². The van der Waals surface area contributed by atoms with Crippen molar-refractivity contribution >= 4 is 16.3 Å². The minimum Gasteiger partial charge on any atom is -0.286 e. The Balaban J connectivity index is 2.20. The van der Waals surface area contributed by atoms with Crippen LogP contribution in [0.4, 0.5) is 0 Å². The van der Waals surface area contributed by atoms with Gasteiger partial charge < -0.3 is 0 Å². The third-order valence-electron chi connectivity index (χ3n) is 2.41. The van der Waals surface area contributed by atoms with Crippen LogP contribution in [0.1, 0.15) is 11.3 Å². The van der Waals surface area contributed by atoms with Gasteiger partial charge >= 0.3 is 0 Å². The van der Waals surface area contributed by atoms with Crippen molar-refractivity contribution in [1.29, 1.82) is 0 Å². The van der Waals surface area contributed by atoms with E-state index in [0.29, 0.717) is 12.1 Å². The molecule has 0 fully saturated rings. The molecule has 1 N–H and O–H groups in total. The van der Waals surface area contributed by atoms with Crippen LogP contribution in [-0.4, -0.2) is 24.2 Å². The fraction of sp³-hybridized carbons (Fsp3) is 0.0769. The highest BCUT2D eigenvalue weighted by Gasteiger charge is 2.12. The average molecular weight is 276 g/mol. The van der Waals surface area contributed by atoms with Gasteiger partial charge in [0.05, 0.1) is 12.2 Å². The lowest BCUT2D eigenvalue weighted by Gasteiger charge is -2.01. The molecule has 2 rings (SSSR count). The highest BCUT2D eigenvalue weighted by molar-refractivity contribution is 7.86. The lowest BCUT2D eigenvalue weighted by atomic mass is 10.2. The first-order valence-electron chi connectivity index (χ1n) is 5.53. The van der Waals surface area contributed by atoms with E-state index >= 15 is 0 Å². The van der Waals surface area contributed by atoms with Crippen molar-refractivity contribution in [2.24, 2.45) is 4.99 Å². The third-order valence-corrected chi connectivity index (χ3v) is 3.33. The Morgan fingerprint density at radius 3 is 2.58 bits per heavy atom. The van der Waals surface area contributed by atoms with Gasteiger partial charge in [-0.25, -0.2) is 0 Å². The zero-order valence-corrected chi connectivity index (χ0v) is 10.8. The highest BCUT2D eigenvalue weighted by atomic mass is 32.2. The van der Waals surface area contributed by atoms with Gasteiger partial charge in [0, 0.05) is 18.0 Å². The molecule has 0 atom stereocenters. The summed E-state index contributed by atoms with van der Waals surface area (Å²) in [6, 6.07) is 11.6. The van der Waals surface area contributed by atoms with Crippen LogP contribution in [0.15, 0.2) is 58.5 Å². The van der Waals surface area contributed by atoms with E-state index in [2.05, 4.69) is 9.98 Å². The molecule has 1 aromatic heterocycles. The molecule has 0 saturated heterocycles. The highest BCUT2D eigenvalue weighted by Crippen LogP contribution is 2.13. The average Bonchev–Trinajstić information content (AvgIpc) is 2.39. The van der Waals surface area contributed by atoms with Crippen molar-refractivity contribution < 1.29 is 13.0 Å². The molecule has 5 nitrogen and oxygen atoms in total. The van der Waals surface area contributed by atoms with Gasteiger partial charge in [0.1, 0.15) is 4.90 Å². The van der Waals surface area contributed by atoms with Crippen molar-refractivity contribution in [2.75, 3.05) is 0 Å². The molecule has 0 unspecified atom stereocenters. The maximum absolute atomic E-state index is 11.2. The van der Waals surface area contributed by atoms with Gasteiger partial charge in [-0.2, -0.15) is 8.42 Å². The van der Waals surface area contributed by atoms with E-state index in [1.807, 2.05) is 12.1 Å². The molecule has 98 valence electrons. The van der Waals surface area contributed by atoms with E-state index in [9.17, 15) is 8.42 Å². The summed E-state index contributed by atoms with van der Waals surface area (Å²) in [7, 11) is -4.24. The Kier molecular flexibility index (Phi) is 4.03. The number of benzene rings is 1. The van der Waals surface area contributed by atoms with Gasteiger partial charge in [-0.15, -0.1) is 0 Å². The Morgan fingerprint density at radius 2 is 1.89 bits per heavy atom. The van der Waals surface area contributed by atoms with Crippen molar-refractivity contribution in [3.8, 4) is 0 Å². The van der Waals surface area contributed by atoms with Crippen LogP contribution in [0.5, 0.6) is 0 Å². The quantitative estimate of drug-likeness (QED) is 0.683. The van der Waals surface area contributed by atoms with E-state index in [-0.39, 0.29) is 4.90 Å². The van der Waals surface area contributed by atoms with Crippen molar-refractivity contribution in [3.05, 3.63) is 59.9 Å². The number of aliphatic imine (C=N–C) groups is 1. The maximum Gasteiger partial charge on any atom is 0.295 e. The fourth-order valence-corrected chi connectivity index (χ4v) is 2.22. The predicted octanol–water partition coefficient (Wildman–Crippen LogP) is 1.95. The summed E-state index contributed by atoms with van der Waals surface area (Å²) < 4.78 is 31.4. The smallest absolute Gasteiger partial charge is 0.286 e. The number of nitrogens with zero attached hydrogens (tertiary/aromatic N) is 2. The Morgan fingerprint density at radius 1 is 1.16 bits per heavy atom. The first-order valence-corrected chi connectivity index (χ1v) is 6.97. The summed E-state index contributed by atoms with van der Waals surface area (Å²) in [5, 5.41) is 0. The lowest BCUT2D eigenvalue weighted by molar-refractivity contribution is 0.483. The van der Waals surface area contributed by atoms with Crippen LogP contribution in [0.3, 0.4) is 0 Å². The molecule has 0 aliphatic heterocycles. The molecule has 1 aromatic carbocycles. The molecule has 6 heteroatoms. The summed E-state index contributed by atoms with van der Waals surface area (Å²) in [6.45, 7) is 0.348. The number of aromatic nitrogens is 1. The molecule has 0 aliphatic carbocycles. The van der Waals surface area contributed by atoms with Gasteiger partial charge in [0.25, 0.3) is 10.1 Å². The molecule has 0 bridgehead atoms. The van der Waals surface area contributed by atoms with E-state index in [4.69, 9.17) is 4.55 Å². The van der Waals surface area contributed by atoms with Gasteiger partial charge in [-0.1, -0.05) is 24.3 Å². The predicted molar refractivity (Wildman–Crippen MR) is 71.8 cm³/mol. The Hall–Kier alpha value is -2.05. The molecule has 2 aromatic rings. The molecule has 0 radical (unpaired) electrons. The second-order valence-corrected chi connectivity index (χ2v) is 5.19. The van der Waals surface area contributed by atoms with Crippen LogP contribution in [0.25, 0.3) is 0 Å². The van der Waals surface area contributed by atoms with Gasteiger partial charge in [0.15, 0.2) is 0 Å². The zero-order valence-electron chi connectivity index (χ0n) is 9.97. The molecule has 1 heterocycles. The molecule has 0 aliphatic rings. The number of rotatable bonds is 4. The standard InChI is InChI=1S/C13H12N2O3S/c16-19(17,18)13-7-2-1-5-11(13)9-14-10-12-6-3-4-8-15-12/h1-9H,10H2,(H,16,17,18).